The number of halogens is 2. The number of carboxylic acids is 1. The first kappa shape index (κ1) is 14.9. The molecule has 0 aliphatic heterocycles. The summed E-state index contributed by atoms with van der Waals surface area (Å²) >= 11 is 5.81. The summed E-state index contributed by atoms with van der Waals surface area (Å²) in [6.45, 7) is 1.94. The Kier molecular flexibility index (Phi) is 5.56. The fourth-order valence-corrected chi connectivity index (χ4v) is 2.08. The summed E-state index contributed by atoms with van der Waals surface area (Å²) in [6.07, 6.45) is 0.684. The zero-order valence-electron chi connectivity index (χ0n) is 10.1. The number of benzene rings is 1. The van der Waals surface area contributed by atoms with Gasteiger partial charge in [0.15, 0.2) is 0 Å². The summed E-state index contributed by atoms with van der Waals surface area (Å²) in [5, 5.41) is 19.2. The molecule has 0 fully saturated rings. The Morgan fingerprint density at radius 1 is 1.50 bits per heavy atom. The zero-order valence-corrected chi connectivity index (χ0v) is 10.8. The molecular weight excluding hydrogens is 259 g/mol. The second-order valence-corrected chi connectivity index (χ2v) is 4.60. The monoisotopic (exact) mass is 274 g/mol. The van der Waals surface area contributed by atoms with E-state index >= 15 is 0 Å². The van der Waals surface area contributed by atoms with Crippen molar-refractivity contribution in [1.29, 1.82) is 0 Å². The number of aliphatic hydroxyl groups excluding tert-OH is 1. The third kappa shape index (κ3) is 3.68. The Hall–Kier alpha value is -1.13. The number of carboxylic acid groups (broad SMARTS) is 1. The largest absolute Gasteiger partial charge is 0.481 e. The van der Waals surface area contributed by atoms with Gasteiger partial charge in [0.05, 0.1) is 12.0 Å². The molecule has 0 saturated carbocycles. The van der Waals surface area contributed by atoms with E-state index in [1.54, 1.807) is 0 Å². The average Bonchev–Trinajstić information content (AvgIpc) is 2.28. The number of hydrogen-bond acceptors (Lipinski definition) is 2. The van der Waals surface area contributed by atoms with Crippen LogP contribution in [-0.2, 0) is 4.79 Å². The summed E-state index contributed by atoms with van der Waals surface area (Å²) in [4.78, 5) is 11.1. The van der Waals surface area contributed by atoms with Crippen LogP contribution in [0.25, 0.3) is 0 Å². The van der Waals surface area contributed by atoms with Crippen LogP contribution in [0, 0.1) is 11.7 Å². The Bertz CT molecular complexity index is 423. The van der Waals surface area contributed by atoms with Crippen molar-refractivity contribution >= 4 is 17.6 Å². The Morgan fingerprint density at radius 2 is 2.17 bits per heavy atom. The first-order valence-corrected chi connectivity index (χ1v) is 6.21. The third-order valence-corrected chi connectivity index (χ3v) is 3.18. The predicted molar refractivity (Wildman–Crippen MR) is 67.0 cm³/mol. The highest BCUT2D eigenvalue weighted by Crippen LogP contribution is 2.31. The molecule has 0 spiro atoms. The van der Waals surface area contributed by atoms with Crippen molar-refractivity contribution in [3.8, 4) is 0 Å². The molecule has 2 atom stereocenters. The molecular formula is C13H16ClFO3. The first-order valence-electron chi connectivity index (χ1n) is 5.83. The summed E-state index contributed by atoms with van der Waals surface area (Å²) in [7, 11) is 0. The molecule has 3 nitrogen and oxygen atoms in total. The van der Waals surface area contributed by atoms with Gasteiger partial charge < -0.3 is 10.2 Å². The molecule has 100 valence electrons. The smallest absolute Gasteiger partial charge is 0.309 e. The molecule has 0 aromatic heterocycles. The summed E-state index contributed by atoms with van der Waals surface area (Å²) in [5.41, 5.74) is 0.251. The highest BCUT2D eigenvalue weighted by Gasteiger charge is 2.28. The molecule has 0 amide bonds. The van der Waals surface area contributed by atoms with E-state index in [2.05, 4.69) is 0 Å². The van der Waals surface area contributed by atoms with Crippen molar-refractivity contribution in [1.82, 2.24) is 0 Å². The number of rotatable bonds is 6. The van der Waals surface area contributed by atoms with Crippen LogP contribution in [0.1, 0.15) is 37.9 Å². The lowest BCUT2D eigenvalue weighted by Crippen LogP contribution is -2.22. The molecule has 0 radical (unpaired) electrons. The fourth-order valence-electron chi connectivity index (χ4n) is 1.80. The van der Waals surface area contributed by atoms with E-state index in [9.17, 15) is 14.3 Å². The predicted octanol–water partition coefficient (Wildman–Crippen LogP) is 3.40. The van der Waals surface area contributed by atoms with E-state index in [-0.39, 0.29) is 10.6 Å². The Labute approximate surface area is 110 Å². The molecule has 0 saturated heterocycles. The van der Waals surface area contributed by atoms with Gasteiger partial charge >= 0.3 is 5.97 Å². The van der Waals surface area contributed by atoms with Gasteiger partial charge in [-0.05, 0) is 18.6 Å². The van der Waals surface area contributed by atoms with Gasteiger partial charge in [0.25, 0.3) is 0 Å². The van der Waals surface area contributed by atoms with Crippen molar-refractivity contribution in [3.05, 3.63) is 34.6 Å². The molecule has 18 heavy (non-hydrogen) atoms. The summed E-state index contributed by atoms with van der Waals surface area (Å²) in [6, 6.07) is 3.55. The van der Waals surface area contributed by atoms with Crippen molar-refractivity contribution < 1.29 is 19.4 Å². The van der Waals surface area contributed by atoms with Gasteiger partial charge in [-0.15, -0.1) is 0 Å². The molecule has 1 rings (SSSR count). The molecule has 1 aromatic rings. The van der Waals surface area contributed by atoms with Crippen molar-refractivity contribution in [3.63, 3.8) is 0 Å². The van der Waals surface area contributed by atoms with Crippen molar-refractivity contribution in [2.75, 3.05) is 0 Å². The van der Waals surface area contributed by atoms with Crippen LogP contribution in [-0.4, -0.2) is 16.2 Å². The minimum atomic E-state index is -1.22. The van der Waals surface area contributed by atoms with E-state index < -0.39 is 23.8 Å². The lowest BCUT2D eigenvalue weighted by atomic mass is 9.91. The van der Waals surface area contributed by atoms with Crippen LogP contribution >= 0.6 is 11.6 Å². The quantitative estimate of drug-likeness (QED) is 0.836. The number of aliphatic carboxylic acids is 1. The van der Waals surface area contributed by atoms with E-state index in [1.807, 2.05) is 6.92 Å². The molecule has 1 aromatic carbocycles. The van der Waals surface area contributed by atoms with Gasteiger partial charge in [-0.25, -0.2) is 4.39 Å². The Balaban J connectivity index is 2.94. The fraction of sp³-hybridized carbons (Fsp3) is 0.462. The lowest BCUT2D eigenvalue weighted by molar-refractivity contribution is -0.146. The van der Waals surface area contributed by atoms with Gasteiger partial charge in [-0.3, -0.25) is 4.79 Å². The van der Waals surface area contributed by atoms with Gasteiger partial charge in [0.2, 0.25) is 0 Å². The van der Waals surface area contributed by atoms with Crippen LogP contribution in [0.2, 0.25) is 5.02 Å². The Morgan fingerprint density at radius 3 is 2.67 bits per heavy atom. The average molecular weight is 275 g/mol. The lowest BCUT2D eigenvalue weighted by Gasteiger charge is -2.20. The topological polar surface area (TPSA) is 57.5 Å². The maximum Gasteiger partial charge on any atom is 0.309 e. The van der Waals surface area contributed by atoms with Gasteiger partial charge in [-0.1, -0.05) is 37.4 Å². The SMILES string of the molecule is CCCCC(C(=O)O)C(O)c1ccc(F)cc1Cl. The highest BCUT2D eigenvalue weighted by atomic mass is 35.5. The highest BCUT2D eigenvalue weighted by molar-refractivity contribution is 6.31. The van der Waals surface area contributed by atoms with Gasteiger partial charge in [-0.2, -0.15) is 0 Å². The maximum absolute atomic E-state index is 12.9. The molecule has 5 heteroatoms. The normalized spacial score (nSPS) is 14.2. The second-order valence-electron chi connectivity index (χ2n) is 4.20. The molecule has 0 aliphatic rings. The van der Waals surface area contributed by atoms with Crippen LogP contribution in [0.15, 0.2) is 18.2 Å². The first-order chi connectivity index (χ1) is 8.47. The van der Waals surface area contributed by atoms with Gasteiger partial charge in [0.1, 0.15) is 5.82 Å². The minimum Gasteiger partial charge on any atom is -0.481 e. The summed E-state index contributed by atoms with van der Waals surface area (Å²) in [5.74, 6) is -2.51. The van der Waals surface area contributed by atoms with E-state index in [4.69, 9.17) is 16.7 Å². The molecule has 0 aliphatic carbocycles. The second kappa shape index (κ2) is 6.71. The molecule has 0 bridgehead atoms. The minimum absolute atomic E-state index is 0.0465. The number of unbranched alkanes of at least 4 members (excludes halogenated alkanes) is 1. The van der Waals surface area contributed by atoms with Crippen molar-refractivity contribution in [2.24, 2.45) is 5.92 Å². The standard InChI is InChI=1S/C13H16ClFO3/c1-2-3-4-10(13(17)18)12(16)9-6-5-8(15)7-11(9)14/h5-7,10,12,16H,2-4H2,1H3,(H,17,18). The van der Waals surface area contributed by atoms with Crippen LogP contribution in [0.4, 0.5) is 4.39 Å². The van der Waals surface area contributed by atoms with E-state index in [0.29, 0.717) is 12.8 Å². The van der Waals surface area contributed by atoms with E-state index in [1.165, 1.54) is 6.07 Å². The van der Waals surface area contributed by atoms with Gasteiger partial charge in [0, 0.05) is 10.6 Å². The molecule has 2 N–H and O–H groups in total. The number of hydrogen-bond donors (Lipinski definition) is 2. The number of aliphatic hydroxyl groups is 1. The zero-order chi connectivity index (χ0) is 13.7. The van der Waals surface area contributed by atoms with Crippen LogP contribution < -0.4 is 0 Å². The van der Waals surface area contributed by atoms with Crippen LogP contribution in [0.3, 0.4) is 0 Å². The van der Waals surface area contributed by atoms with Crippen molar-refractivity contribution in [2.45, 2.75) is 32.3 Å². The third-order valence-electron chi connectivity index (χ3n) is 2.85. The summed E-state index contributed by atoms with van der Waals surface area (Å²) < 4.78 is 12.9. The van der Waals surface area contributed by atoms with E-state index in [0.717, 1.165) is 18.6 Å². The van der Waals surface area contributed by atoms with Crippen LogP contribution in [0.5, 0.6) is 0 Å². The number of carbonyl (C=O) groups is 1. The molecule has 2 unspecified atom stereocenters. The molecule has 0 heterocycles. The maximum atomic E-state index is 12.9.